The minimum absolute atomic E-state index is 0.0247. The summed E-state index contributed by atoms with van der Waals surface area (Å²) in [5.74, 6) is 0. The van der Waals surface area contributed by atoms with Crippen LogP contribution in [0.25, 0.3) is 0 Å². The molecule has 7 heteroatoms. The van der Waals surface area contributed by atoms with E-state index in [0.717, 1.165) is 10.6 Å². The molecule has 0 saturated heterocycles. The fraction of sp³-hybridized carbons (Fsp3) is 0.778. The Balaban J connectivity index is 2.67. The summed E-state index contributed by atoms with van der Waals surface area (Å²) >= 11 is 1.17. The SMILES string of the molecule is CCc1nnsc1C(CCC(F)(F)F)NC. The van der Waals surface area contributed by atoms with Gasteiger partial charge < -0.3 is 5.32 Å². The highest BCUT2D eigenvalue weighted by Gasteiger charge is 2.29. The van der Waals surface area contributed by atoms with Gasteiger partial charge in [-0.1, -0.05) is 11.4 Å². The first-order valence-electron chi connectivity index (χ1n) is 5.03. The van der Waals surface area contributed by atoms with Crippen molar-refractivity contribution in [3.8, 4) is 0 Å². The highest BCUT2D eigenvalue weighted by Crippen LogP contribution is 2.30. The first-order valence-corrected chi connectivity index (χ1v) is 5.80. The first-order chi connectivity index (χ1) is 7.48. The molecular formula is C9H14F3N3S. The fourth-order valence-corrected chi connectivity index (χ4v) is 2.32. The van der Waals surface area contributed by atoms with Gasteiger partial charge in [0.05, 0.1) is 10.6 Å². The molecule has 3 nitrogen and oxygen atoms in total. The molecule has 1 N–H and O–H groups in total. The Labute approximate surface area is 96.2 Å². The fourth-order valence-electron chi connectivity index (χ4n) is 1.44. The van der Waals surface area contributed by atoms with Crippen LogP contribution >= 0.6 is 11.5 Å². The third-order valence-corrected chi connectivity index (χ3v) is 3.18. The van der Waals surface area contributed by atoms with Gasteiger partial charge in [0, 0.05) is 12.5 Å². The largest absolute Gasteiger partial charge is 0.389 e. The van der Waals surface area contributed by atoms with Crippen molar-refractivity contribution >= 4 is 11.5 Å². The summed E-state index contributed by atoms with van der Waals surface area (Å²) in [7, 11) is 1.65. The molecule has 1 aromatic rings. The number of aromatic nitrogens is 2. The summed E-state index contributed by atoms with van der Waals surface area (Å²) in [4.78, 5) is 0.814. The Morgan fingerprint density at radius 2 is 2.12 bits per heavy atom. The van der Waals surface area contributed by atoms with E-state index >= 15 is 0 Å². The second kappa shape index (κ2) is 5.58. The maximum atomic E-state index is 12.1. The standard InChI is InChI=1S/C9H14F3N3S/c1-3-6-8(16-15-14-6)7(13-2)4-5-9(10,11)12/h7,13H,3-5H2,1-2H3. The van der Waals surface area contributed by atoms with Gasteiger partial charge in [0.2, 0.25) is 0 Å². The Hall–Kier alpha value is -0.690. The number of hydrogen-bond donors (Lipinski definition) is 1. The number of rotatable bonds is 5. The average molecular weight is 253 g/mol. The minimum Gasteiger partial charge on any atom is -0.312 e. The summed E-state index contributed by atoms with van der Waals surface area (Å²) in [6.07, 6.45) is -4.19. The molecule has 0 aliphatic heterocycles. The molecule has 0 spiro atoms. The molecule has 1 heterocycles. The minimum atomic E-state index is -4.11. The van der Waals surface area contributed by atoms with Gasteiger partial charge >= 0.3 is 6.18 Å². The van der Waals surface area contributed by atoms with Crippen LogP contribution in [0, 0.1) is 0 Å². The number of nitrogens with one attached hydrogen (secondary N) is 1. The van der Waals surface area contributed by atoms with Crippen LogP contribution in [0.5, 0.6) is 0 Å². The van der Waals surface area contributed by atoms with Gasteiger partial charge in [0.25, 0.3) is 0 Å². The van der Waals surface area contributed by atoms with E-state index in [1.165, 1.54) is 11.5 Å². The number of alkyl halides is 3. The van der Waals surface area contributed by atoms with Crippen molar-refractivity contribution in [1.29, 1.82) is 0 Å². The van der Waals surface area contributed by atoms with E-state index in [-0.39, 0.29) is 12.5 Å². The molecule has 1 rings (SSSR count). The molecule has 0 aliphatic rings. The molecule has 1 unspecified atom stereocenters. The van der Waals surface area contributed by atoms with Crippen LogP contribution in [0.4, 0.5) is 13.2 Å². The zero-order valence-corrected chi connectivity index (χ0v) is 9.95. The van der Waals surface area contributed by atoms with Crippen molar-refractivity contribution in [3.63, 3.8) is 0 Å². The van der Waals surface area contributed by atoms with Crippen molar-refractivity contribution < 1.29 is 13.2 Å². The molecule has 16 heavy (non-hydrogen) atoms. The van der Waals surface area contributed by atoms with Crippen LogP contribution in [-0.2, 0) is 6.42 Å². The first kappa shape index (κ1) is 13.4. The maximum Gasteiger partial charge on any atom is 0.389 e. The van der Waals surface area contributed by atoms with Crippen LogP contribution < -0.4 is 5.32 Å². The second-order valence-corrected chi connectivity index (χ2v) is 4.22. The van der Waals surface area contributed by atoms with Gasteiger partial charge in [-0.25, -0.2) is 0 Å². The smallest absolute Gasteiger partial charge is 0.312 e. The van der Waals surface area contributed by atoms with Gasteiger partial charge in [-0.05, 0) is 31.4 Å². The number of nitrogens with zero attached hydrogens (tertiary/aromatic N) is 2. The Morgan fingerprint density at radius 1 is 1.44 bits per heavy atom. The van der Waals surface area contributed by atoms with E-state index < -0.39 is 12.6 Å². The lowest BCUT2D eigenvalue weighted by Crippen LogP contribution is -2.19. The van der Waals surface area contributed by atoms with Crippen molar-refractivity contribution in [2.24, 2.45) is 0 Å². The molecule has 92 valence electrons. The normalized spacial score (nSPS) is 14.1. The van der Waals surface area contributed by atoms with Crippen LogP contribution in [0.2, 0.25) is 0 Å². The van der Waals surface area contributed by atoms with E-state index in [1.807, 2.05) is 6.92 Å². The molecule has 0 aromatic carbocycles. The molecule has 0 saturated carbocycles. The van der Waals surface area contributed by atoms with E-state index in [2.05, 4.69) is 14.9 Å². The van der Waals surface area contributed by atoms with E-state index in [9.17, 15) is 13.2 Å². The Bertz CT molecular complexity index is 324. The molecule has 0 aliphatic carbocycles. The van der Waals surface area contributed by atoms with Gasteiger partial charge in [-0.2, -0.15) is 13.2 Å². The highest BCUT2D eigenvalue weighted by atomic mass is 32.1. The molecule has 0 amide bonds. The molecule has 0 radical (unpaired) electrons. The van der Waals surface area contributed by atoms with Gasteiger partial charge in [-0.3, -0.25) is 0 Å². The molecular weight excluding hydrogens is 239 g/mol. The average Bonchev–Trinajstić information content (AvgIpc) is 2.65. The van der Waals surface area contributed by atoms with Crippen LogP contribution in [-0.4, -0.2) is 22.8 Å². The summed E-state index contributed by atoms with van der Waals surface area (Å²) < 4.78 is 40.1. The molecule has 1 atom stereocenters. The van der Waals surface area contributed by atoms with Gasteiger partial charge in [-0.15, -0.1) is 5.10 Å². The number of hydrogen-bond acceptors (Lipinski definition) is 4. The summed E-state index contributed by atoms with van der Waals surface area (Å²) in [6, 6.07) is -0.309. The zero-order chi connectivity index (χ0) is 12.2. The third-order valence-electron chi connectivity index (χ3n) is 2.30. The number of halogens is 3. The van der Waals surface area contributed by atoms with E-state index in [0.29, 0.717) is 6.42 Å². The van der Waals surface area contributed by atoms with Crippen LogP contribution in [0.1, 0.15) is 36.4 Å². The quantitative estimate of drug-likeness (QED) is 0.876. The number of aryl methyl sites for hydroxylation is 1. The lowest BCUT2D eigenvalue weighted by molar-refractivity contribution is -0.136. The predicted octanol–water partition coefficient (Wildman–Crippen LogP) is 2.70. The van der Waals surface area contributed by atoms with Crippen molar-refractivity contribution in [2.45, 2.75) is 38.4 Å². The monoisotopic (exact) mass is 253 g/mol. The van der Waals surface area contributed by atoms with Crippen molar-refractivity contribution in [3.05, 3.63) is 10.6 Å². The van der Waals surface area contributed by atoms with Crippen LogP contribution in [0.3, 0.4) is 0 Å². The summed E-state index contributed by atoms with van der Waals surface area (Å²) in [5, 5.41) is 6.78. The van der Waals surface area contributed by atoms with E-state index in [4.69, 9.17) is 0 Å². The zero-order valence-electron chi connectivity index (χ0n) is 9.14. The van der Waals surface area contributed by atoms with Gasteiger partial charge in [0.1, 0.15) is 0 Å². The lowest BCUT2D eigenvalue weighted by Gasteiger charge is -2.15. The molecule has 1 aromatic heterocycles. The Kier molecular flexibility index (Phi) is 4.67. The Morgan fingerprint density at radius 3 is 2.62 bits per heavy atom. The molecule has 0 fully saturated rings. The highest BCUT2D eigenvalue weighted by molar-refractivity contribution is 7.05. The van der Waals surface area contributed by atoms with Gasteiger partial charge in [0.15, 0.2) is 0 Å². The van der Waals surface area contributed by atoms with Crippen LogP contribution in [0.15, 0.2) is 0 Å². The second-order valence-electron chi connectivity index (χ2n) is 3.43. The van der Waals surface area contributed by atoms with Crippen molar-refractivity contribution in [2.75, 3.05) is 7.05 Å². The van der Waals surface area contributed by atoms with Crippen molar-refractivity contribution in [1.82, 2.24) is 14.9 Å². The molecule has 0 bridgehead atoms. The maximum absolute atomic E-state index is 12.1. The summed E-state index contributed by atoms with van der Waals surface area (Å²) in [6.45, 7) is 1.91. The lowest BCUT2D eigenvalue weighted by atomic mass is 10.1. The predicted molar refractivity (Wildman–Crippen MR) is 56.4 cm³/mol. The van der Waals surface area contributed by atoms with E-state index in [1.54, 1.807) is 7.05 Å². The third kappa shape index (κ3) is 3.71. The topological polar surface area (TPSA) is 37.8 Å². The summed E-state index contributed by atoms with van der Waals surface area (Å²) in [5.41, 5.74) is 0.784.